The minimum atomic E-state index is -1.02. The van der Waals surface area contributed by atoms with Crippen LogP contribution in [0, 0.1) is 0 Å². The zero-order chi connectivity index (χ0) is 11.4. The largest absolute Gasteiger partial charge is 0.480 e. The van der Waals surface area contributed by atoms with Gasteiger partial charge in [0.1, 0.15) is 6.04 Å². The number of benzene rings is 1. The Bertz CT molecular complexity index is 357. The molecule has 0 aliphatic heterocycles. The Labute approximate surface area is 96.6 Å². The molecule has 0 spiro atoms. The van der Waals surface area contributed by atoms with Crippen molar-refractivity contribution in [1.82, 2.24) is 5.32 Å². The quantitative estimate of drug-likeness (QED) is 0.768. The molecule has 2 unspecified atom stereocenters. The van der Waals surface area contributed by atoms with E-state index in [-0.39, 0.29) is 6.04 Å². The van der Waals surface area contributed by atoms with Crippen molar-refractivity contribution in [3.05, 3.63) is 34.3 Å². The van der Waals surface area contributed by atoms with Crippen LogP contribution in [0.1, 0.15) is 11.6 Å². The van der Waals surface area contributed by atoms with Gasteiger partial charge in [-0.3, -0.25) is 4.79 Å². The molecule has 1 aromatic rings. The lowest BCUT2D eigenvalue weighted by Gasteiger charge is -2.20. The summed E-state index contributed by atoms with van der Waals surface area (Å²) in [7, 11) is 1.69. The third-order valence-electron chi connectivity index (χ3n) is 2.16. The van der Waals surface area contributed by atoms with E-state index in [0.29, 0.717) is 0 Å². The van der Waals surface area contributed by atoms with Gasteiger partial charge in [-0.15, -0.1) is 0 Å². The highest BCUT2D eigenvalue weighted by Crippen LogP contribution is 2.19. The minimum absolute atomic E-state index is 0.389. The van der Waals surface area contributed by atoms with Gasteiger partial charge in [0.25, 0.3) is 0 Å². The number of halogens is 1. The lowest BCUT2D eigenvalue weighted by molar-refractivity contribution is -0.139. The highest BCUT2D eigenvalue weighted by atomic mass is 79.9. The maximum absolute atomic E-state index is 10.8. The molecule has 1 aromatic carbocycles. The van der Waals surface area contributed by atoms with Crippen molar-refractivity contribution in [2.45, 2.75) is 12.1 Å². The van der Waals surface area contributed by atoms with Gasteiger partial charge in [-0.2, -0.15) is 0 Å². The number of carboxylic acids is 1. The van der Waals surface area contributed by atoms with Gasteiger partial charge in [0, 0.05) is 4.47 Å². The Kier molecular flexibility index (Phi) is 4.26. The third-order valence-corrected chi connectivity index (χ3v) is 2.66. The molecule has 5 heteroatoms. The monoisotopic (exact) mass is 272 g/mol. The molecule has 0 bridgehead atoms. The molecule has 4 nitrogen and oxygen atoms in total. The zero-order valence-electron chi connectivity index (χ0n) is 8.27. The molecule has 82 valence electrons. The predicted octanol–water partition coefficient (Wildman–Crippen LogP) is 1.12. The fourth-order valence-corrected chi connectivity index (χ4v) is 1.81. The van der Waals surface area contributed by atoms with E-state index < -0.39 is 12.0 Å². The van der Waals surface area contributed by atoms with Gasteiger partial charge in [-0.1, -0.05) is 28.1 Å². The van der Waals surface area contributed by atoms with Gasteiger partial charge >= 0.3 is 5.97 Å². The standard InChI is InChI=1S/C10H13BrN2O2/c1-13-9(8(12)10(14)15)6-3-2-4-7(11)5-6/h2-5,8-9,13H,12H2,1H3,(H,14,15). The summed E-state index contributed by atoms with van der Waals surface area (Å²) in [5.41, 5.74) is 6.42. The predicted molar refractivity (Wildman–Crippen MR) is 61.6 cm³/mol. The van der Waals surface area contributed by atoms with Crippen molar-refractivity contribution >= 4 is 21.9 Å². The van der Waals surface area contributed by atoms with Crippen molar-refractivity contribution in [3.63, 3.8) is 0 Å². The Hall–Kier alpha value is -0.910. The molecular formula is C10H13BrN2O2. The molecule has 0 saturated heterocycles. The van der Waals surface area contributed by atoms with Crippen LogP contribution in [-0.4, -0.2) is 24.2 Å². The van der Waals surface area contributed by atoms with Crippen molar-refractivity contribution in [2.24, 2.45) is 5.73 Å². The van der Waals surface area contributed by atoms with Crippen LogP contribution in [0.2, 0.25) is 0 Å². The Morgan fingerprint density at radius 3 is 2.73 bits per heavy atom. The van der Waals surface area contributed by atoms with Gasteiger partial charge in [0.2, 0.25) is 0 Å². The lowest BCUT2D eigenvalue weighted by Crippen LogP contribution is -2.42. The van der Waals surface area contributed by atoms with Crippen LogP contribution in [0.25, 0.3) is 0 Å². The molecule has 4 N–H and O–H groups in total. The normalized spacial score (nSPS) is 14.6. The van der Waals surface area contributed by atoms with E-state index in [0.717, 1.165) is 10.0 Å². The third kappa shape index (κ3) is 3.02. The van der Waals surface area contributed by atoms with Crippen LogP contribution >= 0.6 is 15.9 Å². The smallest absolute Gasteiger partial charge is 0.322 e. The van der Waals surface area contributed by atoms with Crippen LogP contribution in [0.4, 0.5) is 0 Å². The summed E-state index contributed by atoms with van der Waals surface area (Å²) in [5.74, 6) is -1.02. The van der Waals surface area contributed by atoms with E-state index in [1.165, 1.54) is 0 Å². The van der Waals surface area contributed by atoms with Gasteiger partial charge < -0.3 is 16.2 Å². The van der Waals surface area contributed by atoms with Crippen LogP contribution in [0.3, 0.4) is 0 Å². The first-order valence-corrected chi connectivity index (χ1v) is 5.26. The van der Waals surface area contributed by atoms with Crippen molar-refractivity contribution in [1.29, 1.82) is 0 Å². The Balaban J connectivity index is 2.97. The van der Waals surface area contributed by atoms with Gasteiger partial charge in [-0.05, 0) is 24.7 Å². The van der Waals surface area contributed by atoms with Crippen LogP contribution < -0.4 is 11.1 Å². The fraction of sp³-hybridized carbons (Fsp3) is 0.300. The SMILES string of the molecule is CNC(c1cccc(Br)c1)C(N)C(=O)O. The second-order valence-corrected chi connectivity index (χ2v) is 4.10. The number of hydrogen-bond donors (Lipinski definition) is 3. The summed E-state index contributed by atoms with van der Waals surface area (Å²) in [6, 6.07) is 6.07. The number of likely N-dealkylation sites (N-methyl/N-ethyl adjacent to an activating group) is 1. The average Bonchev–Trinajstić information content (AvgIpc) is 2.18. The molecule has 0 amide bonds. The number of nitrogens with one attached hydrogen (secondary N) is 1. The van der Waals surface area contributed by atoms with E-state index in [1.54, 1.807) is 7.05 Å². The van der Waals surface area contributed by atoms with E-state index in [9.17, 15) is 4.79 Å². The van der Waals surface area contributed by atoms with E-state index >= 15 is 0 Å². The number of aliphatic carboxylic acids is 1. The molecular weight excluding hydrogens is 260 g/mol. The summed E-state index contributed by atoms with van der Waals surface area (Å²) >= 11 is 3.33. The Morgan fingerprint density at radius 1 is 1.60 bits per heavy atom. The average molecular weight is 273 g/mol. The summed E-state index contributed by atoms with van der Waals surface area (Å²) in [6.45, 7) is 0. The van der Waals surface area contributed by atoms with E-state index in [4.69, 9.17) is 10.8 Å². The molecule has 0 radical (unpaired) electrons. The molecule has 0 aliphatic rings. The topological polar surface area (TPSA) is 75.3 Å². The number of rotatable bonds is 4. The van der Waals surface area contributed by atoms with Gasteiger partial charge in [-0.25, -0.2) is 0 Å². The van der Waals surface area contributed by atoms with Crippen LogP contribution in [0.5, 0.6) is 0 Å². The summed E-state index contributed by atoms with van der Waals surface area (Å²) < 4.78 is 0.901. The lowest BCUT2D eigenvalue weighted by atomic mass is 10.0. The molecule has 1 rings (SSSR count). The summed E-state index contributed by atoms with van der Waals surface area (Å²) in [6.07, 6.45) is 0. The molecule has 0 aromatic heterocycles. The molecule has 0 aliphatic carbocycles. The first-order chi connectivity index (χ1) is 7.06. The number of hydrogen-bond acceptors (Lipinski definition) is 3. The van der Waals surface area contributed by atoms with Crippen LogP contribution in [0.15, 0.2) is 28.7 Å². The molecule has 0 fully saturated rings. The van der Waals surface area contributed by atoms with E-state index in [1.807, 2.05) is 24.3 Å². The highest BCUT2D eigenvalue weighted by Gasteiger charge is 2.24. The summed E-state index contributed by atoms with van der Waals surface area (Å²) in [5, 5.41) is 11.7. The second-order valence-electron chi connectivity index (χ2n) is 3.19. The molecule has 15 heavy (non-hydrogen) atoms. The maximum Gasteiger partial charge on any atom is 0.322 e. The Morgan fingerprint density at radius 2 is 2.27 bits per heavy atom. The first kappa shape index (κ1) is 12.2. The molecule has 0 saturated carbocycles. The van der Waals surface area contributed by atoms with Gasteiger partial charge in [0.15, 0.2) is 0 Å². The fourth-order valence-electron chi connectivity index (χ4n) is 1.40. The maximum atomic E-state index is 10.8. The number of carboxylic acid groups (broad SMARTS) is 1. The number of nitrogens with two attached hydrogens (primary N) is 1. The van der Waals surface area contributed by atoms with Crippen LogP contribution in [-0.2, 0) is 4.79 Å². The van der Waals surface area contributed by atoms with Crippen molar-refractivity contribution in [2.75, 3.05) is 7.05 Å². The second kappa shape index (κ2) is 5.25. The minimum Gasteiger partial charge on any atom is -0.480 e. The zero-order valence-corrected chi connectivity index (χ0v) is 9.86. The van der Waals surface area contributed by atoms with Crippen molar-refractivity contribution < 1.29 is 9.90 Å². The molecule has 2 atom stereocenters. The molecule has 0 heterocycles. The summed E-state index contributed by atoms with van der Waals surface area (Å²) in [4.78, 5) is 10.8. The number of carbonyl (C=O) groups is 1. The first-order valence-electron chi connectivity index (χ1n) is 4.47. The highest BCUT2D eigenvalue weighted by molar-refractivity contribution is 9.10. The van der Waals surface area contributed by atoms with E-state index in [2.05, 4.69) is 21.2 Å². The van der Waals surface area contributed by atoms with Gasteiger partial charge in [0.05, 0.1) is 6.04 Å². The van der Waals surface area contributed by atoms with Crippen molar-refractivity contribution in [3.8, 4) is 0 Å².